The first-order valence-electron chi connectivity index (χ1n) is 6.95. The first kappa shape index (κ1) is 15.4. The molecule has 1 aliphatic rings. The van der Waals surface area contributed by atoms with Crippen molar-refractivity contribution in [2.24, 2.45) is 0 Å². The number of hydrogen-bond donors (Lipinski definition) is 1. The lowest BCUT2D eigenvalue weighted by Gasteiger charge is -2.21. The van der Waals surface area contributed by atoms with Crippen molar-refractivity contribution in [3.05, 3.63) is 30.1 Å². The summed E-state index contributed by atoms with van der Waals surface area (Å²) in [7, 11) is -3.58. The van der Waals surface area contributed by atoms with Gasteiger partial charge in [-0.1, -0.05) is 19.3 Å². The number of halogens is 1. The molecule has 20 heavy (non-hydrogen) atoms. The molecule has 0 radical (unpaired) electrons. The Morgan fingerprint density at radius 1 is 1.15 bits per heavy atom. The Morgan fingerprint density at radius 3 is 2.45 bits per heavy atom. The van der Waals surface area contributed by atoms with Gasteiger partial charge < -0.3 is 4.74 Å². The second-order valence-corrected chi connectivity index (χ2v) is 6.75. The van der Waals surface area contributed by atoms with E-state index in [0.717, 1.165) is 25.0 Å². The van der Waals surface area contributed by atoms with E-state index in [1.807, 2.05) is 0 Å². The van der Waals surface area contributed by atoms with E-state index in [4.69, 9.17) is 4.74 Å². The quantitative estimate of drug-likeness (QED) is 0.821. The Balaban J connectivity index is 1.76. The maximum absolute atomic E-state index is 12.8. The van der Waals surface area contributed by atoms with Gasteiger partial charge in [0.1, 0.15) is 5.82 Å². The molecule has 2 rings (SSSR count). The minimum Gasteiger partial charge on any atom is -0.377 e. The van der Waals surface area contributed by atoms with Crippen LogP contribution >= 0.6 is 0 Å². The van der Waals surface area contributed by atoms with Crippen molar-refractivity contribution in [3.8, 4) is 0 Å². The zero-order valence-corrected chi connectivity index (χ0v) is 12.2. The normalized spacial score (nSPS) is 17.2. The van der Waals surface area contributed by atoms with Crippen LogP contribution in [0.3, 0.4) is 0 Å². The van der Waals surface area contributed by atoms with E-state index in [9.17, 15) is 12.8 Å². The molecular weight excluding hydrogens is 281 g/mol. The maximum Gasteiger partial charge on any atom is 0.240 e. The summed E-state index contributed by atoms with van der Waals surface area (Å²) in [5.41, 5.74) is 0. The van der Waals surface area contributed by atoms with Gasteiger partial charge in [-0.15, -0.1) is 0 Å². The second-order valence-electron chi connectivity index (χ2n) is 4.98. The van der Waals surface area contributed by atoms with Gasteiger partial charge in [0.05, 0.1) is 17.6 Å². The standard InChI is InChI=1S/C14H20FNO3S/c15-12-6-8-14(9-7-12)20(17,18)16-10-11-19-13-4-2-1-3-5-13/h6-9,13,16H,1-5,10-11H2. The molecule has 0 heterocycles. The van der Waals surface area contributed by atoms with Crippen molar-refractivity contribution in [1.82, 2.24) is 4.72 Å². The van der Waals surface area contributed by atoms with Gasteiger partial charge in [0.25, 0.3) is 0 Å². The van der Waals surface area contributed by atoms with Crippen molar-refractivity contribution in [1.29, 1.82) is 0 Å². The summed E-state index contributed by atoms with van der Waals surface area (Å²) in [5, 5.41) is 0. The second kappa shape index (κ2) is 7.15. The van der Waals surface area contributed by atoms with Crippen LogP contribution in [0.15, 0.2) is 29.2 Å². The van der Waals surface area contributed by atoms with Crippen LogP contribution in [0, 0.1) is 5.82 Å². The highest BCUT2D eigenvalue weighted by molar-refractivity contribution is 7.89. The first-order valence-corrected chi connectivity index (χ1v) is 8.43. The Kier molecular flexibility index (Phi) is 5.51. The summed E-state index contributed by atoms with van der Waals surface area (Å²) in [6, 6.07) is 4.76. The molecule has 0 bridgehead atoms. The molecular formula is C14H20FNO3S. The average molecular weight is 301 g/mol. The molecule has 0 amide bonds. The molecule has 1 N–H and O–H groups in total. The first-order chi connectivity index (χ1) is 9.58. The summed E-state index contributed by atoms with van der Waals surface area (Å²) in [5.74, 6) is -0.454. The predicted octanol–water partition coefficient (Wildman–Crippen LogP) is 2.45. The molecule has 0 atom stereocenters. The van der Waals surface area contributed by atoms with Gasteiger partial charge >= 0.3 is 0 Å². The van der Waals surface area contributed by atoms with E-state index in [-0.39, 0.29) is 17.5 Å². The number of sulfonamides is 1. The highest BCUT2D eigenvalue weighted by atomic mass is 32.2. The van der Waals surface area contributed by atoms with Crippen LogP contribution in [0.1, 0.15) is 32.1 Å². The minimum absolute atomic E-state index is 0.0663. The maximum atomic E-state index is 12.8. The third kappa shape index (κ3) is 4.54. The third-order valence-corrected chi connectivity index (χ3v) is 4.90. The van der Waals surface area contributed by atoms with Crippen molar-refractivity contribution in [2.75, 3.05) is 13.2 Å². The van der Waals surface area contributed by atoms with E-state index in [1.165, 1.54) is 31.4 Å². The SMILES string of the molecule is O=S(=O)(NCCOC1CCCCC1)c1ccc(F)cc1. The third-order valence-electron chi connectivity index (χ3n) is 3.42. The number of nitrogens with one attached hydrogen (secondary N) is 1. The van der Waals surface area contributed by atoms with Gasteiger partial charge in [-0.25, -0.2) is 17.5 Å². The van der Waals surface area contributed by atoms with Gasteiger partial charge in [-0.05, 0) is 37.1 Å². The highest BCUT2D eigenvalue weighted by Gasteiger charge is 2.15. The van der Waals surface area contributed by atoms with E-state index in [0.29, 0.717) is 6.61 Å². The smallest absolute Gasteiger partial charge is 0.240 e. The molecule has 4 nitrogen and oxygen atoms in total. The van der Waals surface area contributed by atoms with Crippen LogP contribution in [0.4, 0.5) is 4.39 Å². The summed E-state index contributed by atoms with van der Waals surface area (Å²) < 4.78 is 44.7. The van der Waals surface area contributed by atoms with Gasteiger partial charge in [-0.3, -0.25) is 0 Å². The van der Waals surface area contributed by atoms with Crippen molar-refractivity contribution >= 4 is 10.0 Å². The Labute approximate surface area is 119 Å². The molecule has 0 spiro atoms. The van der Waals surface area contributed by atoms with Crippen LogP contribution in [0.2, 0.25) is 0 Å². The lowest BCUT2D eigenvalue weighted by atomic mass is 9.98. The van der Waals surface area contributed by atoms with Gasteiger partial charge in [0.2, 0.25) is 10.0 Å². The fourth-order valence-corrected chi connectivity index (χ4v) is 3.34. The van der Waals surface area contributed by atoms with Crippen LogP contribution in [-0.4, -0.2) is 27.7 Å². The Hall–Kier alpha value is -0.980. The fraction of sp³-hybridized carbons (Fsp3) is 0.571. The number of benzene rings is 1. The molecule has 1 aliphatic carbocycles. The van der Waals surface area contributed by atoms with Crippen molar-refractivity contribution in [3.63, 3.8) is 0 Å². The van der Waals surface area contributed by atoms with Gasteiger partial charge in [0.15, 0.2) is 0 Å². The van der Waals surface area contributed by atoms with Crippen molar-refractivity contribution in [2.45, 2.75) is 43.1 Å². The highest BCUT2D eigenvalue weighted by Crippen LogP contribution is 2.19. The van der Waals surface area contributed by atoms with E-state index < -0.39 is 15.8 Å². The van der Waals surface area contributed by atoms with E-state index >= 15 is 0 Å². The van der Waals surface area contributed by atoms with E-state index in [2.05, 4.69) is 4.72 Å². The molecule has 1 aromatic carbocycles. The molecule has 6 heteroatoms. The van der Waals surface area contributed by atoms with Crippen LogP contribution in [0.5, 0.6) is 0 Å². The molecule has 1 saturated carbocycles. The van der Waals surface area contributed by atoms with Crippen LogP contribution in [-0.2, 0) is 14.8 Å². The molecule has 0 unspecified atom stereocenters. The molecule has 1 fully saturated rings. The molecule has 0 aromatic heterocycles. The number of ether oxygens (including phenoxy) is 1. The average Bonchev–Trinajstić information content (AvgIpc) is 2.45. The summed E-state index contributed by atoms with van der Waals surface area (Å²) in [6.07, 6.45) is 6.02. The summed E-state index contributed by atoms with van der Waals surface area (Å²) in [6.45, 7) is 0.599. The Bertz CT molecular complexity index is 510. The topological polar surface area (TPSA) is 55.4 Å². The minimum atomic E-state index is -3.58. The molecule has 112 valence electrons. The largest absolute Gasteiger partial charge is 0.377 e. The van der Waals surface area contributed by atoms with E-state index in [1.54, 1.807) is 0 Å². The Morgan fingerprint density at radius 2 is 1.80 bits per heavy atom. The fourth-order valence-electron chi connectivity index (χ4n) is 2.33. The number of hydrogen-bond acceptors (Lipinski definition) is 3. The summed E-state index contributed by atoms with van der Waals surface area (Å²) >= 11 is 0. The summed E-state index contributed by atoms with van der Waals surface area (Å²) in [4.78, 5) is 0.0663. The zero-order chi connectivity index (χ0) is 14.4. The lowest BCUT2D eigenvalue weighted by Crippen LogP contribution is -2.29. The van der Waals surface area contributed by atoms with Gasteiger partial charge in [0, 0.05) is 6.54 Å². The van der Waals surface area contributed by atoms with Gasteiger partial charge in [-0.2, -0.15) is 0 Å². The molecule has 1 aromatic rings. The van der Waals surface area contributed by atoms with Crippen LogP contribution in [0.25, 0.3) is 0 Å². The van der Waals surface area contributed by atoms with Crippen molar-refractivity contribution < 1.29 is 17.5 Å². The molecule has 0 aliphatic heterocycles. The zero-order valence-electron chi connectivity index (χ0n) is 11.3. The van der Waals surface area contributed by atoms with Crippen LogP contribution < -0.4 is 4.72 Å². The molecule has 0 saturated heterocycles. The predicted molar refractivity (Wildman–Crippen MR) is 74.4 cm³/mol. The lowest BCUT2D eigenvalue weighted by molar-refractivity contribution is 0.0321. The monoisotopic (exact) mass is 301 g/mol. The number of rotatable bonds is 6.